The molecular formula is C9H15NO. The lowest BCUT2D eigenvalue weighted by Crippen LogP contribution is -2.28. The molecule has 3 rings (SSSR count). The van der Waals surface area contributed by atoms with Crippen molar-refractivity contribution in [1.82, 2.24) is 0 Å². The summed E-state index contributed by atoms with van der Waals surface area (Å²) < 4.78 is 5.33. The number of hydrogen-bond donors (Lipinski definition) is 1. The van der Waals surface area contributed by atoms with Crippen LogP contribution in [0, 0.1) is 23.7 Å². The molecule has 1 saturated heterocycles. The van der Waals surface area contributed by atoms with Crippen molar-refractivity contribution in [3.8, 4) is 0 Å². The van der Waals surface area contributed by atoms with Gasteiger partial charge in [0.25, 0.3) is 0 Å². The maximum atomic E-state index is 6.12. The highest BCUT2D eigenvalue weighted by Gasteiger charge is 2.58. The van der Waals surface area contributed by atoms with Crippen molar-refractivity contribution in [2.24, 2.45) is 29.4 Å². The van der Waals surface area contributed by atoms with Crippen LogP contribution in [-0.4, -0.2) is 19.3 Å². The first-order valence-corrected chi connectivity index (χ1v) is 4.71. The van der Waals surface area contributed by atoms with E-state index in [0.29, 0.717) is 6.04 Å². The quantitative estimate of drug-likeness (QED) is 0.631. The van der Waals surface area contributed by atoms with Gasteiger partial charge in [0.1, 0.15) is 0 Å². The SMILES string of the molecule is NC(C1CC1)C1C2COCC21. The molecule has 2 aliphatic carbocycles. The lowest BCUT2D eigenvalue weighted by atomic mass is 10.1. The fourth-order valence-electron chi connectivity index (χ4n) is 2.65. The van der Waals surface area contributed by atoms with E-state index in [1.807, 2.05) is 0 Å². The molecule has 2 saturated carbocycles. The molecule has 0 aromatic heterocycles. The third-order valence-electron chi connectivity index (χ3n) is 3.63. The van der Waals surface area contributed by atoms with E-state index in [2.05, 4.69) is 0 Å². The van der Waals surface area contributed by atoms with E-state index in [-0.39, 0.29) is 0 Å². The average molecular weight is 153 g/mol. The Kier molecular flexibility index (Phi) is 1.16. The zero-order valence-corrected chi connectivity index (χ0v) is 6.70. The molecule has 3 fully saturated rings. The van der Waals surface area contributed by atoms with E-state index in [1.54, 1.807) is 0 Å². The van der Waals surface area contributed by atoms with Gasteiger partial charge in [0.2, 0.25) is 0 Å². The van der Waals surface area contributed by atoms with Crippen molar-refractivity contribution in [3.63, 3.8) is 0 Å². The van der Waals surface area contributed by atoms with Crippen LogP contribution < -0.4 is 5.73 Å². The first-order valence-electron chi connectivity index (χ1n) is 4.71. The van der Waals surface area contributed by atoms with Gasteiger partial charge in [-0.15, -0.1) is 0 Å². The predicted octanol–water partition coefficient (Wildman–Crippen LogP) is 0.616. The maximum Gasteiger partial charge on any atom is 0.0501 e. The van der Waals surface area contributed by atoms with E-state index in [4.69, 9.17) is 10.5 Å². The van der Waals surface area contributed by atoms with E-state index in [1.165, 1.54) is 12.8 Å². The molecule has 0 aromatic carbocycles. The second-order valence-electron chi connectivity index (χ2n) is 4.36. The Morgan fingerprint density at radius 1 is 1.18 bits per heavy atom. The minimum Gasteiger partial charge on any atom is -0.381 e. The number of rotatable bonds is 2. The molecule has 2 heteroatoms. The third-order valence-corrected chi connectivity index (χ3v) is 3.63. The van der Waals surface area contributed by atoms with Gasteiger partial charge in [-0.25, -0.2) is 0 Å². The minimum absolute atomic E-state index is 0.522. The summed E-state index contributed by atoms with van der Waals surface area (Å²) in [5.41, 5.74) is 6.12. The van der Waals surface area contributed by atoms with Gasteiger partial charge in [0.05, 0.1) is 13.2 Å². The highest BCUT2D eigenvalue weighted by Crippen LogP contribution is 2.55. The molecule has 0 amide bonds. The van der Waals surface area contributed by atoms with Crippen LogP contribution in [0.3, 0.4) is 0 Å². The van der Waals surface area contributed by atoms with Crippen molar-refractivity contribution in [3.05, 3.63) is 0 Å². The van der Waals surface area contributed by atoms with Crippen molar-refractivity contribution in [2.45, 2.75) is 18.9 Å². The van der Waals surface area contributed by atoms with Gasteiger partial charge in [-0.2, -0.15) is 0 Å². The summed E-state index contributed by atoms with van der Waals surface area (Å²) >= 11 is 0. The average Bonchev–Trinajstić information content (AvgIpc) is 2.91. The topological polar surface area (TPSA) is 35.2 Å². The van der Waals surface area contributed by atoms with Gasteiger partial charge in [-0.3, -0.25) is 0 Å². The van der Waals surface area contributed by atoms with Crippen molar-refractivity contribution in [1.29, 1.82) is 0 Å². The lowest BCUT2D eigenvalue weighted by molar-refractivity contribution is 0.144. The van der Waals surface area contributed by atoms with Crippen LogP contribution in [0.15, 0.2) is 0 Å². The summed E-state index contributed by atoms with van der Waals surface area (Å²) in [6, 6.07) is 0.522. The third kappa shape index (κ3) is 0.859. The Bertz CT molecular complexity index is 168. The zero-order valence-electron chi connectivity index (χ0n) is 6.70. The van der Waals surface area contributed by atoms with Crippen molar-refractivity contribution >= 4 is 0 Å². The summed E-state index contributed by atoms with van der Waals surface area (Å²) in [5, 5.41) is 0. The Labute approximate surface area is 67.1 Å². The van der Waals surface area contributed by atoms with Crippen molar-refractivity contribution in [2.75, 3.05) is 13.2 Å². The number of nitrogens with two attached hydrogens (primary N) is 1. The first kappa shape index (κ1) is 6.44. The molecule has 3 unspecified atom stereocenters. The molecule has 11 heavy (non-hydrogen) atoms. The van der Waals surface area contributed by atoms with Gasteiger partial charge in [-0.1, -0.05) is 0 Å². The molecule has 2 N–H and O–H groups in total. The Hall–Kier alpha value is -0.0800. The first-order chi connectivity index (χ1) is 5.38. The number of hydrogen-bond acceptors (Lipinski definition) is 2. The molecule has 0 spiro atoms. The molecule has 0 bridgehead atoms. The molecule has 0 aromatic rings. The standard InChI is InChI=1S/C9H15NO/c10-9(5-1-2-5)8-6-3-11-4-7(6)8/h5-9H,1-4,10H2. The van der Waals surface area contributed by atoms with Gasteiger partial charge in [-0.05, 0) is 36.5 Å². The van der Waals surface area contributed by atoms with Crippen LogP contribution in [0.25, 0.3) is 0 Å². The van der Waals surface area contributed by atoms with Crippen LogP contribution in [0.5, 0.6) is 0 Å². The summed E-state index contributed by atoms with van der Waals surface area (Å²) in [6.45, 7) is 1.99. The van der Waals surface area contributed by atoms with E-state index >= 15 is 0 Å². The summed E-state index contributed by atoms with van der Waals surface area (Å²) in [6.07, 6.45) is 2.77. The van der Waals surface area contributed by atoms with E-state index < -0.39 is 0 Å². The molecular weight excluding hydrogens is 138 g/mol. The second-order valence-corrected chi connectivity index (χ2v) is 4.36. The fourth-order valence-corrected chi connectivity index (χ4v) is 2.65. The second kappa shape index (κ2) is 1.99. The number of fused-ring (bicyclic) bond motifs is 1. The Morgan fingerprint density at radius 3 is 2.36 bits per heavy atom. The van der Waals surface area contributed by atoms with E-state index in [9.17, 15) is 0 Å². The summed E-state index contributed by atoms with van der Waals surface area (Å²) in [5.74, 6) is 3.43. The van der Waals surface area contributed by atoms with Crippen LogP contribution in [-0.2, 0) is 4.74 Å². The summed E-state index contributed by atoms with van der Waals surface area (Å²) in [4.78, 5) is 0. The Morgan fingerprint density at radius 2 is 1.82 bits per heavy atom. The summed E-state index contributed by atoms with van der Waals surface area (Å²) in [7, 11) is 0. The predicted molar refractivity (Wildman–Crippen MR) is 42.0 cm³/mol. The largest absolute Gasteiger partial charge is 0.381 e. The van der Waals surface area contributed by atoms with Gasteiger partial charge >= 0.3 is 0 Å². The normalized spacial score (nSPS) is 50.5. The fraction of sp³-hybridized carbons (Fsp3) is 1.00. The van der Waals surface area contributed by atoms with Gasteiger partial charge in [0, 0.05) is 6.04 Å². The van der Waals surface area contributed by atoms with E-state index in [0.717, 1.165) is 36.9 Å². The van der Waals surface area contributed by atoms with Gasteiger partial charge < -0.3 is 10.5 Å². The zero-order chi connectivity index (χ0) is 7.42. The molecule has 3 aliphatic rings. The lowest BCUT2D eigenvalue weighted by Gasteiger charge is -2.11. The highest BCUT2D eigenvalue weighted by atomic mass is 16.5. The highest BCUT2D eigenvalue weighted by molar-refractivity contribution is 5.08. The monoisotopic (exact) mass is 153 g/mol. The minimum atomic E-state index is 0.522. The van der Waals surface area contributed by atoms with Crippen LogP contribution in [0.4, 0.5) is 0 Å². The van der Waals surface area contributed by atoms with Crippen LogP contribution >= 0.6 is 0 Å². The van der Waals surface area contributed by atoms with Crippen LogP contribution in [0.2, 0.25) is 0 Å². The number of ether oxygens (including phenoxy) is 1. The molecule has 3 atom stereocenters. The molecule has 2 nitrogen and oxygen atoms in total. The van der Waals surface area contributed by atoms with Gasteiger partial charge in [0.15, 0.2) is 0 Å². The smallest absolute Gasteiger partial charge is 0.0501 e. The van der Waals surface area contributed by atoms with Crippen molar-refractivity contribution < 1.29 is 4.74 Å². The maximum absolute atomic E-state index is 6.12. The molecule has 1 heterocycles. The van der Waals surface area contributed by atoms with Crippen LogP contribution in [0.1, 0.15) is 12.8 Å². The molecule has 1 aliphatic heterocycles. The molecule has 0 radical (unpaired) electrons. The molecule has 62 valence electrons. The Balaban J connectivity index is 1.64.